The molecule has 1 aliphatic heterocycles. The Morgan fingerprint density at radius 3 is 2.38 bits per heavy atom. The maximum Gasteiger partial charge on any atom is 0.417 e. The van der Waals surface area contributed by atoms with Crippen LogP contribution < -0.4 is 9.80 Å². The van der Waals surface area contributed by atoms with Gasteiger partial charge in [-0.2, -0.15) is 18.3 Å². The smallest absolute Gasteiger partial charge is 0.417 e. The van der Waals surface area contributed by atoms with Gasteiger partial charge in [-0.1, -0.05) is 0 Å². The molecule has 0 unspecified atom stereocenters. The van der Waals surface area contributed by atoms with Crippen LogP contribution in [0.4, 0.5) is 24.8 Å². The predicted octanol–water partition coefficient (Wildman–Crippen LogP) is 3.27. The van der Waals surface area contributed by atoms with Gasteiger partial charge in [0, 0.05) is 37.8 Å². The second-order valence-corrected chi connectivity index (χ2v) is 6.15. The Hall–Kier alpha value is -2.84. The summed E-state index contributed by atoms with van der Waals surface area (Å²) in [7, 11) is 0. The van der Waals surface area contributed by atoms with Crippen molar-refractivity contribution in [3.63, 3.8) is 0 Å². The van der Waals surface area contributed by atoms with Crippen molar-refractivity contribution < 1.29 is 17.6 Å². The fourth-order valence-corrected chi connectivity index (χ4v) is 3.08. The van der Waals surface area contributed by atoms with Crippen LogP contribution in [0.3, 0.4) is 0 Å². The lowest BCUT2D eigenvalue weighted by atomic mass is 10.2. The number of pyridine rings is 1. The highest BCUT2D eigenvalue weighted by molar-refractivity contribution is 5.88. The SMILES string of the molecule is Cc1nnc(N2CCN(c3ccc(C(F)(F)F)cn3)CC2)c2occc12. The van der Waals surface area contributed by atoms with E-state index in [-0.39, 0.29) is 0 Å². The fourth-order valence-electron chi connectivity index (χ4n) is 3.08. The average Bonchev–Trinajstić information content (AvgIpc) is 3.12. The van der Waals surface area contributed by atoms with E-state index >= 15 is 0 Å². The summed E-state index contributed by atoms with van der Waals surface area (Å²) in [6.07, 6.45) is -1.88. The molecule has 0 aromatic carbocycles. The Morgan fingerprint density at radius 2 is 1.73 bits per heavy atom. The molecular formula is C17H16F3N5O. The Bertz CT molecular complexity index is 914. The van der Waals surface area contributed by atoms with E-state index in [2.05, 4.69) is 20.1 Å². The van der Waals surface area contributed by atoms with E-state index in [1.54, 1.807) is 6.26 Å². The first kappa shape index (κ1) is 16.6. The number of nitrogens with zero attached hydrogens (tertiary/aromatic N) is 5. The number of aryl methyl sites for hydroxylation is 1. The maximum absolute atomic E-state index is 12.6. The Morgan fingerprint density at radius 1 is 1.00 bits per heavy atom. The van der Waals surface area contributed by atoms with Crippen LogP contribution in [0.5, 0.6) is 0 Å². The number of aromatic nitrogens is 3. The summed E-state index contributed by atoms with van der Waals surface area (Å²) in [6.45, 7) is 4.42. The highest BCUT2D eigenvalue weighted by Crippen LogP contribution is 2.30. The van der Waals surface area contributed by atoms with Crippen LogP contribution in [0.25, 0.3) is 11.0 Å². The number of furan rings is 1. The number of halogens is 3. The monoisotopic (exact) mass is 363 g/mol. The first-order valence-electron chi connectivity index (χ1n) is 8.17. The Balaban J connectivity index is 1.49. The highest BCUT2D eigenvalue weighted by Gasteiger charge is 2.31. The Kier molecular flexibility index (Phi) is 3.93. The van der Waals surface area contributed by atoms with Gasteiger partial charge < -0.3 is 14.2 Å². The van der Waals surface area contributed by atoms with Gasteiger partial charge in [0.25, 0.3) is 0 Å². The molecule has 0 saturated carbocycles. The molecule has 6 nitrogen and oxygen atoms in total. The van der Waals surface area contributed by atoms with Crippen molar-refractivity contribution in [1.29, 1.82) is 0 Å². The van der Waals surface area contributed by atoms with Gasteiger partial charge in [0.05, 0.1) is 17.5 Å². The number of fused-ring (bicyclic) bond motifs is 1. The number of hydrogen-bond acceptors (Lipinski definition) is 6. The second-order valence-electron chi connectivity index (χ2n) is 6.15. The summed E-state index contributed by atoms with van der Waals surface area (Å²) in [4.78, 5) is 7.99. The van der Waals surface area contributed by atoms with Crippen LogP contribution in [-0.4, -0.2) is 41.4 Å². The zero-order valence-electron chi connectivity index (χ0n) is 14.0. The first-order valence-corrected chi connectivity index (χ1v) is 8.17. The van der Waals surface area contributed by atoms with Gasteiger partial charge in [-0.15, -0.1) is 5.10 Å². The molecule has 4 rings (SSSR count). The van der Waals surface area contributed by atoms with Crippen LogP contribution in [0.1, 0.15) is 11.3 Å². The number of anilines is 2. The van der Waals surface area contributed by atoms with Crippen LogP contribution >= 0.6 is 0 Å². The lowest BCUT2D eigenvalue weighted by molar-refractivity contribution is -0.137. The average molecular weight is 363 g/mol. The molecule has 0 radical (unpaired) electrons. The lowest BCUT2D eigenvalue weighted by Gasteiger charge is -2.35. The van der Waals surface area contributed by atoms with Crippen LogP contribution in [0.15, 0.2) is 35.1 Å². The summed E-state index contributed by atoms with van der Waals surface area (Å²) in [6, 6.07) is 4.34. The summed E-state index contributed by atoms with van der Waals surface area (Å²) in [5.74, 6) is 1.23. The molecule has 0 atom stereocenters. The molecule has 0 amide bonds. The minimum atomic E-state index is -4.37. The van der Waals surface area contributed by atoms with Gasteiger partial charge in [-0.05, 0) is 25.1 Å². The molecule has 0 bridgehead atoms. The lowest BCUT2D eigenvalue weighted by Crippen LogP contribution is -2.47. The van der Waals surface area contributed by atoms with Crippen molar-refractivity contribution in [2.45, 2.75) is 13.1 Å². The molecule has 0 aliphatic carbocycles. The van der Waals surface area contributed by atoms with Gasteiger partial charge in [-0.3, -0.25) is 0 Å². The van der Waals surface area contributed by atoms with E-state index in [1.165, 1.54) is 6.07 Å². The molecular weight excluding hydrogens is 347 g/mol. The molecule has 136 valence electrons. The van der Waals surface area contributed by atoms with Gasteiger partial charge in [-0.25, -0.2) is 4.98 Å². The molecule has 3 aromatic rings. The largest absolute Gasteiger partial charge is 0.460 e. The third-order valence-electron chi connectivity index (χ3n) is 4.53. The fraction of sp³-hybridized carbons (Fsp3) is 0.353. The number of piperazine rings is 1. The molecule has 0 spiro atoms. The summed E-state index contributed by atoms with van der Waals surface area (Å²) >= 11 is 0. The second kappa shape index (κ2) is 6.15. The molecule has 0 N–H and O–H groups in total. The highest BCUT2D eigenvalue weighted by atomic mass is 19.4. The van der Waals surface area contributed by atoms with Crippen LogP contribution in [0.2, 0.25) is 0 Å². The minimum absolute atomic E-state index is 0.538. The first-order chi connectivity index (χ1) is 12.4. The van der Waals surface area contributed by atoms with E-state index in [0.717, 1.165) is 23.3 Å². The third-order valence-corrected chi connectivity index (χ3v) is 4.53. The van der Waals surface area contributed by atoms with E-state index in [0.29, 0.717) is 43.4 Å². The Labute approximate surface area is 147 Å². The van der Waals surface area contributed by atoms with Crippen molar-refractivity contribution in [2.24, 2.45) is 0 Å². The zero-order chi connectivity index (χ0) is 18.3. The van der Waals surface area contributed by atoms with E-state index in [1.807, 2.05) is 17.9 Å². The number of rotatable bonds is 2. The van der Waals surface area contributed by atoms with Crippen LogP contribution in [0, 0.1) is 6.92 Å². The van der Waals surface area contributed by atoms with Crippen molar-refractivity contribution in [3.8, 4) is 0 Å². The van der Waals surface area contributed by atoms with Crippen molar-refractivity contribution in [1.82, 2.24) is 15.2 Å². The molecule has 1 saturated heterocycles. The quantitative estimate of drug-likeness (QED) is 0.697. The summed E-state index contributed by atoms with van der Waals surface area (Å²) in [5.41, 5.74) is 0.777. The maximum atomic E-state index is 12.6. The molecule has 3 aromatic heterocycles. The van der Waals surface area contributed by atoms with Gasteiger partial charge in [0.1, 0.15) is 5.82 Å². The standard InChI is InChI=1S/C17H16F3N5O/c1-11-13-4-9-26-15(13)16(23-22-11)25-7-5-24(6-8-25)14-3-2-12(10-21-14)17(18,19)20/h2-4,9-10H,5-8H2,1H3. The molecule has 26 heavy (non-hydrogen) atoms. The zero-order valence-corrected chi connectivity index (χ0v) is 14.0. The van der Waals surface area contributed by atoms with E-state index in [4.69, 9.17) is 4.42 Å². The predicted molar refractivity (Wildman–Crippen MR) is 90.2 cm³/mol. The van der Waals surface area contributed by atoms with Crippen LogP contribution in [-0.2, 0) is 6.18 Å². The normalized spacial score (nSPS) is 15.7. The molecule has 4 heterocycles. The topological polar surface area (TPSA) is 58.3 Å². The molecule has 1 fully saturated rings. The van der Waals surface area contributed by atoms with Gasteiger partial charge in [0.2, 0.25) is 0 Å². The minimum Gasteiger partial charge on any atom is -0.460 e. The third kappa shape index (κ3) is 2.93. The van der Waals surface area contributed by atoms with Gasteiger partial charge >= 0.3 is 6.18 Å². The molecule has 9 heteroatoms. The summed E-state index contributed by atoms with van der Waals surface area (Å²) in [5, 5.41) is 9.37. The van der Waals surface area contributed by atoms with E-state index in [9.17, 15) is 13.2 Å². The van der Waals surface area contributed by atoms with Gasteiger partial charge in [0.15, 0.2) is 11.4 Å². The summed E-state index contributed by atoms with van der Waals surface area (Å²) < 4.78 is 43.5. The van der Waals surface area contributed by atoms with E-state index < -0.39 is 11.7 Å². The molecule has 1 aliphatic rings. The van der Waals surface area contributed by atoms with Crippen molar-refractivity contribution in [3.05, 3.63) is 41.9 Å². The van der Waals surface area contributed by atoms with Crippen molar-refractivity contribution in [2.75, 3.05) is 36.0 Å². The number of alkyl halides is 3. The number of hydrogen-bond donors (Lipinski definition) is 0. The van der Waals surface area contributed by atoms with Crippen molar-refractivity contribution >= 4 is 22.6 Å².